The summed E-state index contributed by atoms with van der Waals surface area (Å²) in [4.78, 5) is 24.9. The first-order valence-electron chi connectivity index (χ1n) is 10.7. The average molecular weight is 466 g/mol. The number of nitrogens with zero attached hydrogens (tertiary/aromatic N) is 3. The maximum atomic E-state index is 13.8. The molecule has 1 aromatic heterocycles. The van der Waals surface area contributed by atoms with Crippen LogP contribution < -0.4 is 0 Å². The van der Waals surface area contributed by atoms with Gasteiger partial charge in [0.05, 0.1) is 5.88 Å². The Bertz CT molecular complexity index is 1140. The predicted octanol–water partition coefficient (Wildman–Crippen LogP) is 6.43. The van der Waals surface area contributed by atoms with Gasteiger partial charge in [-0.15, -0.1) is 0 Å². The summed E-state index contributed by atoms with van der Waals surface area (Å²) < 4.78 is 0. The van der Waals surface area contributed by atoms with Crippen molar-refractivity contribution in [1.82, 2.24) is 14.9 Å². The first-order valence-corrected chi connectivity index (χ1v) is 12.1. The van der Waals surface area contributed by atoms with Gasteiger partial charge in [-0.2, -0.15) is 0 Å². The molecule has 1 amide bonds. The first-order chi connectivity index (χ1) is 15.1. The summed E-state index contributed by atoms with van der Waals surface area (Å²) in [6, 6.07) is 17.9. The van der Waals surface area contributed by atoms with Gasteiger partial charge in [-0.25, -0.2) is 9.97 Å². The number of halogens is 1. The number of amides is 1. The fourth-order valence-corrected chi connectivity index (χ4v) is 6.07. The highest BCUT2D eigenvalue weighted by molar-refractivity contribution is 7.99. The van der Waals surface area contributed by atoms with Gasteiger partial charge in [-0.05, 0) is 69.5 Å². The summed E-state index contributed by atoms with van der Waals surface area (Å²) >= 11 is 7.68. The Balaban J connectivity index is 1.76. The molecule has 6 heteroatoms. The standard InChI is InChI=1S/C26H28ClN3OS/c1-17-14-18(2)29-24(28-17)32-16-30-23(31)21-8-6-7-9-22(21)26(5,15-25(30,3)4)19-10-12-20(27)13-11-19/h6-14H,15-16H2,1-5H3. The van der Waals surface area contributed by atoms with Crippen LogP contribution in [0.1, 0.15) is 60.1 Å². The molecule has 1 aliphatic heterocycles. The van der Waals surface area contributed by atoms with Gasteiger partial charge in [0.15, 0.2) is 5.16 Å². The van der Waals surface area contributed by atoms with Gasteiger partial charge in [0, 0.05) is 32.9 Å². The second kappa shape index (κ2) is 8.53. The van der Waals surface area contributed by atoms with E-state index in [1.165, 1.54) is 11.8 Å². The fourth-order valence-electron chi connectivity index (χ4n) is 4.82. The van der Waals surface area contributed by atoms with Crippen LogP contribution in [0.15, 0.2) is 59.8 Å². The van der Waals surface area contributed by atoms with Gasteiger partial charge in [-0.1, -0.05) is 60.6 Å². The Hall–Kier alpha value is -2.37. The van der Waals surface area contributed by atoms with Crippen LogP contribution in [0, 0.1) is 13.8 Å². The van der Waals surface area contributed by atoms with Crippen LogP contribution in [0.25, 0.3) is 0 Å². The predicted molar refractivity (Wildman–Crippen MR) is 131 cm³/mol. The number of aromatic nitrogens is 2. The topological polar surface area (TPSA) is 46.1 Å². The molecule has 0 bridgehead atoms. The lowest BCUT2D eigenvalue weighted by Gasteiger charge is -2.41. The Kier molecular flexibility index (Phi) is 6.08. The smallest absolute Gasteiger partial charge is 0.255 e. The van der Waals surface area contributed by atoms with E-state index in [9.17, 15) is 4.79 Å². The van der Waals surface area contributed by atoms with Crippen LogP contribution in [0.5, 0.6) is 0 Å². The second-order valence-electron chi connectivity index (χ2n) is 9.31. The van der Waals surface area contributed by atoms with Crippen LogP contribution in [-0.4, -0.2) is 32.2 Å². The number of carbonyl (C=O) groups excluding carboxylic acids is 1. The monoisotopic (exact) mass is 465 g/mol. The fraction of sp³-hybridized carbons (Fsp3) is 0.346. The van der Waals surface area contributed by atoms with Crippen molar-refractivity contribution in [1.29, 1.82) is 0 Å². The van der Waals surface area contributed by atoms with E-state index in [1.807, 2.05) is 55.1 Å². The lowest BCUT2D eigenvalue weighted by molar-refractivity contribution is 0.0588. The number of fused-ring (bicyclic) bond motifs is 1. The quantitative estimate of drug-likeness (QED) is 0.329. The zero-order valence-corrected chi connectivity index (χ0v) is 20.7. The van der Waals surface area contributed by atoms with E-state index in [-0.39, 0.29) is 11.3 Å². The average Bonchev–Trinajstić information content (AvgIpc) is 2.78. The van der Waals surface area contributed by atoms with E-state index >= 15 is 0 Å². The molecule has 32 heavy (non-hydrogen) atoms. The molecular weight excluding hydrogens is 438 g/mol. The van der Waals surface area contributed by atoms with Crippen molar-refractivity contribution in [3.8, 4) is 0 Å². The van der Waals surface area contributed by atoms with Gasteiger partial charge < -0.3 is 4.90 Å². The molecular formula is C26H28ClN3OS. The van der Waals surface area contributed by atoms with Crippen LogP contribution >= 0.6 is 23.4 Å². The third-order valence-electron chi connectivity index (χ3n) is 6.28. The molecule has 1 aliphatic rings. The molecule has 1 unspecified atom stereocenters. The Morgan fingerprint density at radius 3 is 2.28 bits per heavy atom. The Morgan fingerprint density at radius 2 is 1.62 bits per heavy atom. The molecule has 0 saturated heterocycles. The largest absolute Gasteiger partial charge is 0.324 e. The van der Waals surface area contributed by atoms with E-state index in [2.05, 4.69) is 48.9 Å². The maximum absolute atomic E-state index is 13.8. The minimum Gasteiger partial charge on any atom is -0.324 e. The molecule has 3 aromatic rings. The van der Waals surface area contributed by atoms with Crippen LogP contribution in [-0.2, 0) is 5.41 Å². The van der Waals surface area contributed by atoms with Gasteiger partial charge >= 0.3 is 0 Å². The van der Waals surface area contributed by atoms with Gasteiger partial charge in [-0.3, -0.25) is 4.79 Å². The van der Waals surface area contributed by atoms with Crippen molar-refractivity contribution in [3.05, 3.63) is 87.7 Å². The molecule has 0 spiro atoms. The Morgan fingerprint density at radius 1 is 1.00 bits per heavy atom. The minimum atomic E-state index is -0.393. The van der Waals surface area contributed by atoms with Gasteiger partial charge in [0.1, 0.15) is 0 Å². The number of hydrogen-bond acceptors (Lipinski definition) is 4. The molecule has 4 nitrogen and oxygen atoms in total. The first kappa shape index (κ1) is 22.8. The molecule has 1 atom stereocenters. The molecule has 2 aromatic carbocycles. The lowest BCUT2D eigenvalue weighted by Crippen LogP contribution is -2.48. The normalized spacial score (nSPS) is 20.1. The van der Waals surface area contributed by atoms with Crippen molar-refractivity contribution in [2.24, 2.45) is 0 Å². The molecule has 0 saturated carbocycles. The van der Waals surface area contributed by atoms with E-state index in [1.54, 1.807) is 0 Å². The summed E-state index contributed by atoms with van der Waals surface area (Å²) in [5.41, 5.74) is 4.09. The van der Waals surface area contributed by atoms with E-state index < -0.39 is 5.54 Å². The van der Waals surface area contributed by atoms with Crippen molar-refractivity contribution < 1.29 is 4.79 Å². The molecule has 2 heterocycles. The molecule has 0 aliphatic carbocycles. The number of rotatable bonds is 4. The number of hydrogen-bond donors (Lipinski definition) is 0. The zero-order chi connectivity index (χ0) is 23.1. The van der Waals surface area contributed by atoms with E-state index in [4.69, 9.17) is 11.6 Å². The van der Waals surface area contributed by atoms with Crippen LogP contribution in [0.3, 0.4) is 0 Å². The van der Waals surface area contributed by atoms with Crippen molar-refractivity contribution in [2.75, 3.05) is 5.88 Å². The summed E-state index contributed by atoms with van der Waals surface area (Å²) in [5.74, 6) is 0.528. The molecule has 0 radical (unpaired) electrons. The Labute approximate surface area is 199 Å². The number of benzene rings is 2. The minimum absolute atomic E-state index is 0.0418. The number of thioether (sulfide) groups is 1. The molecule has 166 valence electrons. The molecule has 0 fully saturated rings. The number of carbonyl (C=O) groups is 1. The summed E-state index contributed by atoms with van der Waals surface area (Å²) in [6.45, 7) is 10.5. The second-order valence-corrected chi connectivity index (χ2v) is 10.7. The highest BCUT2D eigenvalue weighted by atomic mass is 35.5. The number of aryl methyl sites for hydroxylation is 2. The summed E-state index contributed by atoms with van der Waals surface area (Å²) in [6.07, 6.45) is 0.776. The lowest BCUT2D eigenvalue weighted by atomic mass is 9.69. The van der Waals surface area contributed by atoms with Crippen LogP contribution in [0.2, 0.25) is 5.02 Å². The zero-order valence-electron chi connectivity index (χ0n) is 19.1. The summed E-state index contributed by atoms with van der Waals surface area (Å²) in [5, 5.41) is 1.41. The molecule has 4 rings (SSSR count). The van der Waals surface area contributed by atoms with E-state index in [0.717, 1.165) is 34.5 Å². The highest BCUT2D eigenvalue weighted by Gasteiger charge is 2.45. The van der Waals surface area contributed by atoms with E-state index in [0.29, 0.717) is 16.1 Å². The van der Waals surface area contributed by atoms with Crippen LogP contribution in [0.4, 0.5) is 0 Å². The maximum Gasteiger partial charge on any atom is 0.255 e. The summed E-state index contributed by atoms with van der Waals surface area (Å²) in [7, 11) is 0. The van der Waals surface area contributed by atoms with Crippen molar-refractivity contribution in [3.63, 3.8) is 0 Å². The third kappa shape index (κ3) is 4.28. The molecule has 0 N–H and O–H groups in total. The van der Waals surface area contributed by atoms with Gasteiger partial charge in [0.25, 0.3) is 5.91 Å². The van der Waals surface area contributed by atoms with Crippen molar-refractivity contribution in [2.45, 2.75) is 57.1 Å². The highest BCUT2D eigenvalue weighted by Crippen LogP contribution is 2.46. The van der Waals surface area contributed by atoms with Gasteiger partial charge in [0.2, 0.25) is 0 Å². The van der Waals surface area contributed by atoms with Crippen molar-refractivity contribution >= 4 is 29.3 Å². The SMILES string of the molecule is Cc1cc(C)nc(SCN2C(=O)c3ccccc3C(C)(c3ccc(Cl)cc3)CC2(C)C)n1. The third-order valence-corrected chi connectivity index (χ3v) is 7.36.